The van der Waals surface area contributed by atoms with E-state index < -0.39 is 0 Å². The first-order valence-electron chi connectivity index (χ1n) is 4.66. The summed E-state index contributed by atoms with van der Waals surface area (Å²) in [5, 5.41) is 9.18. The quantitative estimate of drug-likeness (QED) is 0.917. The molecule has 0 saturated carbocycles. The van der Waals surface area contributed by atoms with Crippen LogP contribution in [0.1, 0.15) is 18.4 Å². The average Bonchev–Trinajstić information content (AvgIpc) is 2.27. The zero-order chi connectivity index (χ0) is 11.4. The van der Waals surface area contributed by atoms with E-state index in [0.29, 0.717) is 0 Å². The molecule has 0 heterocycles. The van der Waals surface area contributed by atoms with Crippen molar-refractivity contribution >= 4 is 15.9 Å². The van der Waals surface area contributed by atoms with Gasteiger partial charge in [-0.2, -0.15) is 0 Å². The summed E-state index contributed by atoms with van der Waals surface area (Å²) in [6.07, 6.45) is 0. The van der Waals surface area contributed by atoms with Gasteiger partial charge in [-0.3, -0.25) is 0 Å². The Morgan fingerprint density at radius 3 is 2.27 bits per heavy atom. The first-order valence-corrected chi connectivity index (χ1v) is 5.46. The molecule has 0 aliphatic heterocycles. The third-order valence-electron chi connectivity index (χ3n) is 2.31. The normalized spacial score (nSPS) is 12.3. The van der Waals surface area contributed by atoms with E-state index in [4.69, 9.17) is 9.47 Å². The minimum atomic E-state index is 0.00410. The molecule has 0 bridgehead atoms. The van der Waals surface area contributed by atoms with Crippen molar-refractivity contribution < 1.29 is 14.6 Å². The van der Waals surface area contributed by atoms with Crippen LogP contribution >= 0.6 is 15.9 Å². The van der Waals surface area contributed by atoms with E-state index >= 15 is 0 Å². The van der Waals surface area contributed by atoms with Gasteiger partial charge in [0.1, 0.15) is 11.5 Å². The molecule has 0 fully saturated rings. The summed E-state index contributed by atoms with van der Waals surface area (Å²) < 4.78 is 11.3. The molecule has 1 unspecified atom stereocenters. The van der Waals surface area contributed by atoms with Gasteiger partial charge in [0.05, 0.1) is 18.7 Å². The first-order chi connectivity index (χ1) is 7.15. The van der Waals surface area contributed by atoms with Crippen molar-refractivity contribution in [3.8, 4) is 11.5 Å². The molecule has 1 atom stereocenters. The van der Waals surface area contributed by atoms with Gasteiger partial charge in [-0.15, -0.1) is 0 Å². The molecule has 0 radical (unpaired) electrons. The minimum Gasteiger partial charge on any atom is -0.496 e. The van der Waals surface area contributed by atoms with Gasteiger partial charge in [-0.05, 0) is 28.1 Å². The molecule has 0 amide bonds. The lowest BCUT2D eigenvalue weighted by atomic mass is 10.0. The Morgan fingerprint density at radius 2 is 1.80 bits per heavy atom. The van der Waals surface area contributed by atoms with Crippen LogP contribution < -0.4 is 9.47 Å². The van der Waals surface area contributed by atoms with Crippen molar-refractivity contribution in [2.24, 2.45) is 0 Å². The highest BCUT2D eigenvalue weighted by atomic mass is 79.9. The Hall–Kier alpha value is -0.740. The highest BCUT2D eigenvalue weighted by Crippen LogP contribution is 2.39. The highest BCUT2D eigenvalue weighted by Gasteiger charge is 2.17. The fourth-order valence-electron chi connectivity index (χ4n) is 1.44. The molecule has 1 aromatic rings. The molecule has 0 saturated heterocycles. The summed E-state index contributed by atoms with van der Waals surface area (Å²) in [4.78, 5) is 0. The summed E-state index contributed by atoms with van der Waals surface area (Å²) in [6.45, 7) is 2.00. The lowest BCUT2D eigenvalue weighted by Gasteiger charge is -2.17. The van der Waals surface area contributed by atoms with Crippen molar-refractivity contribution in [2.45, 2.75) is 12.8 Å². The smallest absolute Gasteiger partial charge is 0.133 e. The van der Waals surface area contributed by atoms with Crippen molar-refractivity contribution in [1.29, 1.82) is 0 Å². The van der Waals surface area contributed by atoms with Crippen LogP contribution in [0.15, 0.2) is 16.6 Å². The predicted octanol–water partition coefficient (Wildman–Crippen LogP) is 2.56. The Balaban J connectivity index is 3.29. The van der Waals surface area contributed by atoms with Crippen LogP contribution in [-0.4, -0.2) is 25.9 Å². The van der Waals surface area contributed by atoms with E-state index in [-0.39, 0.29) is 12.5 Å². The number of halogens is 1. The van der Waals surface area contributed by atoms with E-state index in [9.17, 15) is 5.11 Å². The van der Waals surface area contributed by atoms with E-state index in [1.807, 2.05) is 19.1 Å². The Kier molecular flexibility index (Phi) is 4.42. The summed E-state index contributed by atoms with van der Waals surface area (Å²) >= 11 is 3.46. The second kappa shape index (κ2) is 5.37. The fraction of sp³-hybridized carbons (Fsp3) is 0.455. The van der Waals surface area contributed by atoms with Crippen molar-refractivity contribution in [2.75, 3.05) is 20.8 Å². The number of ether oxygens (including phenoxy) is 2. The zero-order valence-electron chi connectivity index (χ0n) is 9.08. The molecule has 4 heteroatoms. The lowest BCUT2D eigenvalue weighted by Crippen LogP contribution is -2.04. The van der Waals surface area contributed by atoms with Crippen LogP contribution in [0.3, 0.4) is 0 Å². The number of benzene rings is 1. The van der Waals surface area contributed by atoms with Crippen molar-refractivity contribution in [3.63, 3.8) is 0 Å². The standard InChI is InChI=1S/C11H15BrO3/c1-7(6-13)10-8(14-2)4-5-9(15-3)11(10)12/h4-5,7,13H,6H2,1-3H3. The third-order valence-corrected chi connectivity index (χ3v) is 3.13. The topological polar surface area (TPSA) is 38.7 Å². The number of aliphatic hydroxyl groups is 1. The monoisotopic (exact) mass is 274 g/mol. The summed E-state index contributed by atoms with van der Waals surface area (Å²) in [6, 6.07) is 3.67. The van der Waals surface area contributed by atoms with E-state index in [1.54, 1.807) is 14.2 Å². The van der Waals surface area contributed by atoms with Crippen molar-refractivity contribution in [3.05, 3.63) is 22.2 Å². The maximum Gasteiger partial charge on any atom is 0.133 e. The molecule has 1 rings (SSSR count). The number of aliphatic hydroxyl groups excluding tert-OH is 1. The van der Waals surface area contributed by atoms with Gasteiger partial charge >= 0.3 is 0 Å². The van der Waals surface area contributed by atoms with Crippen LogP contribution in [0.25, 0.3) is 0 Å². The maximum absolute atomic E-state index is 9.18. The Labute approximate surface area is 98.1 Å². The molecule has 1 aromatic carbocycles. The molecular weight excluding hydrogens is 260 g/mol. The molecule has 15 heavy (non-hydrogen) atoms. The molecular formula is C11H15BrO3. The largest absolute Gasteiger partial charge is 0.496 e. The van der Waals surface area contributed by atoms with E-state index in [2.05, 4.69) is 15.9 Å². The van der Waals surface area contributed by atoms with Crippen LogP contribution in [0.4, 0.5) is 0 Å². The second-order valence-corrected chi connectivity index (χ2v) is 4.07. The molecule has 0 aliphatic rings. The second-order valence-electron chi connectivity index (χ2n) is 3.28. The predicted molar refractivity (Wildman–Crippen MR) is 62.7 cm³/mol. The summed E-state index contributed by atoms with van der Waals surface area (Å²) in [7, 11) is 3.22. The number of hydrogen-bond donors (Lipinski definition) is 1. The van der Waals surface area contributed by atoms with Crippen LogP contribution in [0.5, 0.6) is 11.5 Å². The Morgan fingerprint density at radius 1 is 1.27 bits per heavy atom. The molecule has 84 valence electrons. The number of rotatable bonds is 4. The summed E-state index contributed by atoms with van der Waals surface area (Å²) in [5.74, 6) is 1.50. The van der Waals surface area contributed by atoms with Gasteiger partial charge in [0.15, 0.2) is 0 Å². The van der Waals surface area contributed by atoms with Gasteiger partial charge in [0, 0.05) is 18.1 Å². The molecule has 1 N–H and O–H groups in total. The van der Waals surface area contributed by atoms with Gasteiger partial charge in [-0.25, -0.2) is 0 Å². The molecule has 0 aromatic heterocycles. The van der Waals surface area contributed by atoms with E-state index in [1.165, 1.54) is 0 Å². The zero-order valence-corrected chi connectivity index (χ0v) is 10.7. The van der Waals surface area contributed by atoms with Crippen LogP contribution in [0.2, 0.25) is 0 Å². The average molecular weight is 275 g/mol. The van der Waals surface area contributed by atoms with Gasteiger partial charge in [0.25, 0.3) is 0 Å². The first kappa shape index (κ1) is 12.3. The van der Waals surface area contributed by atoms with Gasteiger partial charge < -0.3 is 14.6 Å². The van der Waals surface area contributed by atoms with E-state index in [0.717, 1.165) is 21.5 Å². The molecule has 0 spiro atoms. The van der Waals surface area contributed by atoms with Gasteiger partial charge in [0.2, 0.25) is 0 Å². The van der Waals surface area contributed by atoms with Crippen LogP contribution in [-0.2, 0) is 0 Å². The highest BCUT2D eigenvalue weighted by molar-refractivity contribution is 9.10. The number of methoxy groups -OCH3 is 2. The lowest BCUT2D eigenvalue weighted by molar-refractivity contribution is 0.269. The third kappa shape index (κ3) is 2.44. The fourth-order valence-corrected chi connectivity index (χ4v) is 2.32. The summed E-state index contributed by atoms with van der Waals surface area (Å²) in [5.41, 5.74) is 0.930. The number of hydrogen-bond acceptors (Lipinski definition) is 3. The van der Waals surface area contributed by atoms with Crippen LogP contribution in [0, 0.1) is 0 Å². The maximum atomic E-state index is 9.18. The Bertz CT molecular complexity index is 339. The minimum absolute atomic E-state index is 0.00410. The van der Waals surface area contributed by atoms with Crippen molar-refractivity contribution in [1.82, 2.24) is 0 Å². The SMILES string of the molecule is COc1ccc(OC)c(C(C)CO)c1Br. The molecule has 0 aliphatic carbocycles. The van der Waals surface area contributed by atoms with Gasteiger partial charge in [-0.1, -0.05) is 6.92 Å². The molecule has 3 nitrogen and oxygen atoms in total.